The van der Waals surface area contributed by atoms with Crippen molar-refractivity contribution in [3.63, 3.8) is 0 Å². The van der Waals surface area contributed by atoms with Crippen LogP contribution < -0.4 is 10.6 Å². The molecule has 0 aromatic heterocycles. The summed E-state index contributed by atoms with van der Waals surface area (Å²) in [5, 5.41) is 17.7. The topological polar surface area (TPSA) is 67.2 Å². The standard InChI is InChI=1S/C15H21N3O2/c1-2-3-4-12-5-6-14(18(19)20)11-15(12)17-13-7-9-16-10-8-13/h3-6,11,13,16-17H,2,7-10H2,1H3/b4-3+. The lowest BCUT2D eigenvalue weighted by Gasteiger charge is -2.25. The number of nitro benzene ring substituents is 1. The van der Waals surface area contributed by atoms with Gasteiger partial charge < -0.3 is 10.6 Å². The van der Waals surface area contributed by atoms with Crippen LogP contribution in [0.3, 0.4) is 0 Å². The van der Waals surface area contributed by atoms with Gasteiger partial charge in [0.2, 0.25) is 0 Å². The Balaban J connectivity index is 2.22. The Morgan fingerprint density at radius 3 is 2.85 bits per heavy atom. The van der Waals surface area contributed by atoms with Gasteiger partial charge in [-0.15, -0.1) is 0 Å². The number of nitrogens with one attached hydrogen (secondary N) is 2. The number of hydrogen-bond donors (Lipinski definition) is 2. The van der Waals surface area contributed by atoms with E-state index in [0.717, 1.165) is 43.6 Å². The predicted molar refractivity (Wildman–Crippen MR) is 81.9 cm³/mol. The van der Waals surface area contributed by atoms with E-state index >= 15 is 0 Å². The quantitative estimate of drug-likeness (QED) is 0.639. The van der Waals surface area contributed by atoms with Crippen molar-refractivity contribution >= 4 is 17.5 Å². The third-order valence-corrected chi connectivity index (χ3v) is 3.48. The van der Waals surface area contributed by atoms with Crippen LogP contribution in [0, 0.1) is 10.1 Å². The highest BCUT2D eigenvalue weighted by atomic mass is 16.6. The Bertz CT molecular complexity index is 494. The second-order valence-electron chi connectivity index (χ2n) is 5.01. The van der Waals surface area contributed by atoms with Crippen molar-refractivity contribution in [2.75, 3.05) is 18.4 Å². The lowest BCUT2D eigenvalue weighted by molar-refractivity contribution is -0.384. The van der Waals surface area contributed by atoms with E-state index in [2.05, 4.69) is 23.6 Å². The van der Waals surface area contributed by atoms with E-state index < -0.39 is 0 Å². The summed E-state index contributed by atoms with van der Waals surface area (Å²) in [6, 6.07) is 5.39. The van der Waals surface area contributed by atoms with Crippen molar-refractivity contribution in [2.45, 2.75) is 32.2 Å². The number of benzene rings is 1. The maximum atomic E-state index is 10.9. The zero-order valence-electron chi connectivity index (χ0n) is 11.8. The second kappa shape index (κ2) is 7.05. The van der Waals surface area contributed by atoms with E-state index in [9.17, 15) is 10.1 Å². The number of hydrogen-bond acceptors (Lipinski definition) is 4. The molecule has 1 aliphatic heterocycles. The maximum absolute atomic E-state index is 10.9. The zero-order chi connectivity index (χ0) is 14.4. The first kappa shape index (κ1) is 14.5. The Morgan fingerprint density at radius 1 is 1.45 bits per heavy atom. The monoisotopic (exact) mass is 275 g/mol. The minimum absolute atomic E-state index is 0.134. The highest BCUT2D eigenvalue weighted by Gasteiger charge is 2.16. The van der Waals surface area contributed by atoms with Gasteiger partial charge in [0.15, 0.2) is 0 Å². The predicted octanol–water partition coefficient (Wildman–Crippen LogP) is 3.18. The molecule has 20 heavy (non-hydrogen) atoms. The fourth-order valence-electron chi connectivity index (χ4n) is 2.36. The van der Waals surface area contributed by atoms with E-state index in [4.69, 9.17) is 0 Å². The fourth-order valence-corrected chi connectivity index (χ4v) is 2.36. The average molecular weight is 275 g/mol. The highest BCUT2D eigenvalue weighted by Crippen LogP contribution is 2.25. The van der Waals surface area contributed by atoms with E-state index in [0.29, 0.717) is 6.04 Å². The number of non-ortho nitro benzene ring substituents is 1. The molecule has 2 N–H and O–H groups in total. The van der Waals surface area contributed by atoms with Crippen LogP contribution >= 0.6 is 0 Å². The summed E-state index contributed by atoms with van der Waals surface area (Å²) in [7, 11) is 0. The summed E-state index contributed by atoms with van der Waals surface area (Å²) in [6.07, 6.45) is 7.12. The number of nitrogens with zero attached hydrogens (tertiary/aromatic N) is 1. The zero-order valence-corrected chi connectivity index (χ0v) is 11.8. The van der Waals surface area contributed by atoms with Crippen LogP contribution in [0.15, 0.2) is 24.3 Å². The minimum Gasteiger partial charge on any atom is -0.382 e. The third kappa shape index (κ3) is 3.81. The van der Waals surface area contributed by atoms with Crippen LogP contribution in [0.1, 0.15) is 31.7 Å². The molecule has 1 aromatic rings. The molecule has 0 radical (unpaired) electrons. The summed E-state index contributed by atoms with van der Waals surface area (Å²) in [6.45, 7) is 4.06. The van der Waals surface area contributed by atoms with E-state index in [1.165, 1.54) is 0 Å². The Morgan fingerprint density at radius 2 is 2.20 bits per heavy atom. The maximum Gasteiger partial charge on any atom is 0.271 e. The van der Waals surface area contributed by atoms with Gasteiger partial charge in [-0.1, -0.05) is 19.1 Å². The summed E-state index contributed by atoms with van der Waals surface area (Å²) in [4.78, 5) is 10.6. The van der Waals surface area contributed by atoms with Crippen LogP contribution in [-0.2, 0) is 0 Å². The molecular formula is C15H21N3O2. The van der Waals surface area contributed by atoms with E-state index in [-0.39, 0.29) is 10.6 Å². The van der Waals surface area contributed by atoms with Crippen LogP contribution in [-0.4, -0.2) is 24.1 Å². The molecule has 0 bridgehead atoms. The van der Waals surface area contributed by atoms with Crippen LogP contribution in [0.4, 0.5) is 11.4 Å². The molecule has 5 heteroatoms. The smallest absolute Gasteiger partial charge is 0.271 e. The Kier molecular flexibility index (Phi) is 5.12. The molecule has 0 saturated carbocycles. The van der Waals surface area contributed by atoms with Gasteiger partial charge in [-0.05, 0) is 44.0 Å². The fraction of sp³-hybridized carbons (Fsp3) is 0.467. The summed E-state index contributed by atoms with van der Waals surface area (Å²) in [5.41, 5.74) is 2.00. The molecule has 0 amide bonds. The molecule has 0 spiro atoms. The van der Waals surface area contributed by atoms with Gasteiger partial charge in [0.1, 0.15) is 0 Å². The minimum atomic E-state index is -0.346. The summed E-state index contributed by atoms with van der Waals surface area (Å²) >= 11 is 0. The summed E-state index contributed by atoms with van der Waals surface area (Å²) < 4.78 is 0. The van der Waals surface area contributed by atoms with Crippen molar-refractivity contribution in [3.8, 4) is 0 Å². The molecule has 1 saturated heterocycles. The lowest BCUT2D eigenvalue weighted by Crippen LogP contribution is -2.35. The third-order valence-electron chi connectivity index (χ3n) is 3.48. The number of nitro groups is 1. The average Bonchev–Trinajstić information content (AvgIpc) is 2.47. The number of anilines is 1. The summed E-state index contributed by atoms with van der Waals surface area (Å²) in [5.74, 6) is 0. The molecule has 1 aliphatic rings. The first-order valence-electron chi connectivity index (χ1n) is 7.13. The highest BCUT2D eigenvalue weighted by molar-refractivity contribution is 5.69. The molecule has 108 valence electrons. The van der Waals surface area contributed by atoms with Crippen LogP contribution in [0.5, 0.6) is 0 Å². The Labute approximate surface area is 119 Å². The second-order valence-corrected chi connectivity index (χ2v) is 5.01. The van der Waals surface area contributed by atoms with Gasteiger partial charge >= 0.3 is 0 Å². The van der Waals surface area contributed by atoms with Crippen molar-refractivity contribution in [1.82, 2.24) is 5.32 Å². The lowest BCUT2D eigenvalue weighted by atomic mass is 10.0. The van der Waals surface area contributed by atoms with Crippen molar-refractivity contribution in [1.29, 1.82) is 0 Å². The number of allylic oxidation sites excluding steroid dienone is 1. The van der Waals surface area contributed by atoms with Gasteiger partial charge in [-0.2, -0.15) is 0 Å². The molecule has 1 heterocycles. The van der Waals surface area contributed by atoms with Gasteiger partial charge in [-0.25, -0.2) is 0 Å². The van der Waals surface area contributed by atoms with Gasteiger partial charge in [0.05, 0.1) is 4.92 Å². The van der Waals surface area contributed by atoms with Crippen molar-refractivity contribution < 1.29 is 4.92 Å². The van der Waals surface area contributed by atoms with Crippen molar-refractivity contribution in [2.24, 2.45) is 0 Å². The molecular weight excluding hydrogens is 254 g/mol. The van der Waals surface area contributed by atoms with Gasteiger partial charge in [0.25, 0.3) is 5.69 Å². The molecule has 0 unspecified atom stereocenters. The molecule has 0 aliphatic carbocycles. The van der Waals surface area contributed by atoms with Crippen molar-refractivity contribution in [3.05, 3.63) is 40.0 Å². The van der Waals surface area contributed by atoms with Gasteiger partial charge in [0, 0.05) is 23.9 Å². The molecule has 2 rings (SSSR count). The number of piperidine rings is 1. The van der Waals surface area contributed by atoms with Gasteiger partial charge in [-0.3, -0.25) is 10.1 Å². The molecule has 0 atom stereocenters. The van der Waals surface area contributed by atoms with E-state index in [1.807, 2.05) is 12.1 Å². The van der Waals surface area contributed by atoms with Crippen LogP contribution in [0.25, 0.3) is 6.08 Å². The van der Waals surface area contributed by atoms with E-state index in [1.54, 1.807) is 12.1 Å². The van der Waals surface area contributed by atoms with Crippen LogP contribution in [0.2, 0.25) is 0 Å². The Hall–Kier alpha value is -1.88. The normalized spacial score (nSPS) is 16.4. The first-order valence-corrected chi connectivity index (χ1v) is 7.13. The molecule has 1 aromatic carbocycles. The largest absolute Gasteiger partial charge is 0.382 e. The molecule has 5 nitrogen and oxygen atoms in total. The SMILES string of the molecule is CC/C=C/c1ccc([N+](=O)[O-])cc1NC1CCNCC1. The number of rotatable bonds is 5. The molecule has 1 fully saturated rings. The first-order chi connectivity index (χ1) is 9.70.